The molecule has 20 heavy (non-hydrogen) atoms. The molecule has 4 nitrogen and oxygen atoms in total. The van der Waals surface area contributed by atoms with Crippen LogP contribution in [0.25, 0.3) is 0 Å². The van der Waals surface area contributed by atoms with Crippen LogP contribution in [0.15, 0.2) is 36.5 Å². The molecule has 1 aromatic heterocycles. The molecule has 1 N–H and O–H groups in total. The van der Waals surface area contributed by atoms with Gasteiger partial charge in [-0.3, -0.25) is 4.79 Å². The molecule has 1 aliphatic rings. The van der Waals surface area contributed by atoms with Gasteiger partial charge in [0.2, 0.25) is 0 Å². The van der Waals surface area contributed by atoms with Gasteiger partial charge in [-0.2, -0.15) is 5.10 Å². The highest BCUT2D eigenvalue weighted by Crippen LogP contribution is 2.40. The monoisotopic (exact) mass is 289 g/mol. The van der Waals surface area contributed by atoms with Crippen LogP contribution in [0.1, 0.15) is 36.2 Å². The fraction of sp³-hybridized carbons (Fsp3) is 0.333. The number of hydrogen-bond donors (Lipinski definition) is 1. The van der Waals surface area contributed by atoms with E-state index in [1.54, 1.807) is 30.5 Å². The van der Waals surface area contributed by atoms with Crippen LogP contribution in [0.4, 0.5) is 5.82 Å². The second kappa shape index (κ2) is 5.29. The maximum absolute atomic E-state index is 12.2. The van der Waals surface area contributed by atoms with Crippen LogP contribution in [0.2, 0.25) is 5.02 Å². The number of halogens is 1. The Hall–Kier alpha value is -1.81. The summed E-state index contributed by atoms with van der Waals surface area (Å²) in [4.78, 5) is 12.2. The molecule has 5 heteroatoms. The van der Waals surface area contributed by atoms with Crippen molar-refractivity contribution in [1.29, 1.82) is 0 Å². The average Bonchev–Trinajstić information content (AvgIpc) is 3.19. The summed E-state index contributed by atoms with van der Waals surface area (Å²) >= 11 is 5.82. The first kappa shape index (κ1) is 13.2. The lowest BCUT2D eigenvalue weighted by Crippen LogP contribution is -2.18. The molecule has 1 aliphatic carbocycles. The molecule has 3 rings (SSSR count). The maximum atomic E-state index is 12.2. The third kappa shape index (κ3) is 2.70. The maximum Gasteiger partial charge on any atom is 0.256 e. The van der Waals surface area contributed by atoms with Gasteiger partial charge in [-0.15, -0.1) is 0 Å². The van der Waals surface area contributed by atoms with Crippen LogP contribution in [0.3, 0.4) is 0 Å². The van der Waals surface area contributed by atoms with Crippen molar-refractivity contribution in [3.05, 3.63) is 47.1 Å². The zero-order valence-electron chi connectivity index (χ0n) is 11.2. The van der Waals surface area contributed by atoms with E-state index in [9.17, 15) is 4.79 Å². The largest absolute Gasteiger partial charge is 0.307 e. The SMILES string of the molecule is CC(C1CC1)n1nccc1NC(=O)c1ccc(Cl)cc1. The summed E-state index contributed by atoms with van der Waals surface area (Å²) in [6.07, 6.45) is 4.20. The molecule has 1 unspecified atom stereocenters. The van der Waals surface area contributed by atoms with Crippen LogP contribution in [-0.2, 0) is 0 Å². The molecule has 0 bridgehead atoms. The minimum Gasteiger partial charge on any atom is -0.307 e. The number of anilines is 1. The number of carbonyl (C=O) groups is 1. The van der Waals surface area contributed by atoms with Crippen LogP contribution < -0.4 is 5.32 Å². The van der Waals surface area contributed by atoms with E-state index in [4.69, 9.17) is 11.6 Å². The summed E-state index contributed by atoms with van der Waals surface area (Å²) in [5.41, 5.74) is 0.584. The number of rotatable bonds is 4. The number of hydrogen-bond acceptors (Lipinski definition) is 2. The van der Waals surface area contributed by atoms with Crippen molar-refractivity contribution in [1.82, 2.24) is 9.78 Å². The third-order valence-corrected chi connectivity index (χ3v) is 3.96. The van der Waals surface area contributed by atoms with Crippen LogP contribution in [0, 0.1) is 5.92 Å². The minimum absolute atomic E-state index is 0.147. The van der Waals surface area contributed by atoms with Gasteiger partial charge in [-0.25, -0.2) is 4.68 Å². The number of amides is 1. The van der Waals surface area contributed by atoms with E-state index in [1.165, 1.54) is 12.8 Å². The second-order valence-corrected chi connectivity index (χ2v) is 5.64. The van der Waals surface area contributed by atoms with Gasteiger partial charge in [0.25, 0.3) is 5.91 Å². The summed E-state index contributed by atoms with van der Waals surface area (Å²) in [6.45, 7) is 2.14. The Kier molecular flexibility index (Phi) is 3.49. The van der Waals surface area contributed by atoms with Crippen molar-refractivity contribution in [2.75, 3.05) is 5.32 Å². The normalized spacial score (nSPS) is 15.9. The Bertz CT molecular complexity index is 616. The van der Waals surface area contributed by atoms with Crippen molar-refractivity contribution in [2.24, 2.45) is 5.92 Å². The van der Waals surface area contributed by atoms with Crippen LogP contribution in [-0.4, -0.2) is 15.7 Å². The quantitative estimate of drug-likeness (QED) is 0.931. The topological polar surface area (TPSA) is 46.9 Å². The van der Waals surface area contributed by atoms with E-state index >= 15 is 0 Å². The van der Waals surface area contributed by atoms with Crippen LogP contribution >= 0.6 is 11.6 Å². The van der Waals surface area contributed by atoms with Gasteiger partial charge >= 0.3 is 0 Å². The van der Waals surface area contributed by atoms with E-state index in [0.717, 1.165) is 5.82 Å². The highest BCUT2D eigenvalue weighted by Gasteiger charge is 2.30. The zero-order valence-corrected chi connectivity index (χ0v) is 12.0. The Morgan fingerprint density at radius 1 is 1.35 bits per heavy atom. The number of benzene rings is 1. The molecule has 1 atom stereocenters. The molecule has 104 valence electrons. The summed E-state index contributed by atoms with van der Waals surface area (Å²) in [5.74, 6) is 1.27. The lowest BCUT2D eigenvalue weighted by atomic mass is 10.2. The summed E-state index contributed by atoms with van der Waals surface area (Å²) < 4.78 is 1.89. The zero-order chi connectivity index (χ0) is 14.1. The van der Waals surface area contributed by atoms with Crippen LogP contribution in [0.5, 0.6) is 0 Å². The first-order chi connectivity index (χ1) is 9.65. The Labute approximate surface area is 122 Å². The minimum atomic E-state index is -0.147. The van der Waals surface area contributed by atoms with Crippen molar-refractivity contribution in [2.45, 2.75) is 25.8 Å². The van der Waals surface area contributed by atoms with Gasteiger partial charge < -0.3 is 5.32 Å². The first-order valence-corrected chi connectivity index (χ1v) is 7.13. The average molecular weight is 290 g/mol. The fourth-order valence-corrected chi connectivity index (χ4v) is 2.43. The van der Waals surface area contributed by atoms with Gasteiger partial charge in [0.1, 0.15) is 5.82 Å². The summed E-state index contributed by atoms with van der Waals surface area (Å²) in [6, 6.07) is 8.99. The van der Waals surface area contributed by atoms with E-state index in [1.807, 2.05) is 10.7 Å². The third-order valence-electron chi connectivity index (χ3n) is 3.71. The predicted octanol–water partition coefficient (Wildman–Crippen LogP) is 3.76. The number of carbonyl (C=O) groups excluding carboxylic acids is 1. The highest BCUT2D eigenvalue weighted by atomic mass is 35.5. The molecule has 1 fully saturated rings. The number of aromatic nitrogens is 2. The van der Waals surface area contributed by atoms with E-state index in [-0.39, 0.29) is 5.91 Å². The second-order valence-electron chi connectivity index (χ2n) is 5.20. The standard InChI is InChI=1S/C15H16ClN3O/c1-10(11-2-3-11)19-14(8-9-17-19)18-15(20)12-4-6-13(16)7-5-12/h4-11H,2-3H2,1H3,(H,18,20). The molecular weight excluding hydrogens is 274 g/mol. The Balaban J connectivity index is 1.76. The lowest BCUT2D eigenvalue weighted by Gasteiger charge is -2.15. The van der Waals surface area contributed by atoms with Gasteiger partial charge in [-0.1, -0.05) is 11.6 Å². The van der Waals surface area contributed by atoms with Crippen molar-refractivity contribution >= 4 is 23.3 Å². The predicted molar refractivity (Wildman–Crippen MR) is 79.1 cm³/mol. The smallest absolute Gasteiger partial charge is 0.256 e. The molecule has 0 radical (unpaired) electrons. The van der Waals surface area contributed by atoms with E-state index in [0.29, 0.717) is 22.5 Å². The summed E-state index contributed by atoms with van der Waals surface area (Å²) in [5, 5.41) is 7.85. The first-order valence-electron chi connectivity index (χ1n) is 6.75. The highest BCUT2D eigenvalue weighted by molar-refractivity contribution is 6.30. The fourth-order valence-electron chi connectivity index (χ4n) is 2.31. The van der Waals surface area contributed by atoms with Gasteiger partial charge in [0.15, 0.2) is 0 Å². The molecular formula is C15H16ClN3O. The molecule has 1 heterocycles. The van der Waals surface area contributed by atoms with Gasteiger partial charge in [0.05, 0.1) is 12.2 Å². The molecule has 0 saturated heterocycles. The molecule has 1 amide bonds. The van der Waals surface area contributed by atoms with Crippen molar-refractivity contribution in [3.63, 3.8) is 0 Å². The van der Waals surface area contributed by atoms with E-state index in [2.05, 4.69) is 17.3 Å². The lowest BCUT2D eigenvalue weighted by molar-refractivity contribution is 0.102. The molecule has 1 saturated carbocycles. The van der Waals surface area contributed by atoms with Gasteiger partial charge in [0, 0.05) is 16.7 Å². The molecule has 0 aliphatic heterocycles. The van der Waals surface area contributed by atoms with Crippen molar-refractivity contribution in [3.8, 4) is 0 Å². The molecule has 0 spiro atoms. The van der Waals surface area contributed by atoms with E-state index < -0.39 is 0 Å². The Morgan fingerprint density at radius 3 is 2.70 bits per heavy atom. The Morgan fingerprint density at radius 2 is 2.05 bits per heavy atom. The summed E-state index contributed by atoms with van der Waals surface area (Å²) in [7, 11) is 0. The van der Waals surface area contributed by atoms with Crippen molar-refractivity contribution < 1.29 is 4.79 Å². The molecule has 2 aromatic rings. The number of nitrogens with zero attached hydrogens (tertiary/aromatic N) is 2. The number of nitrogens with one attached hydrogen (secondary N) is 1. The molecule has 1 aromatic carbocycles. The van der Waals surface area contributed by atoms with Gasteiger partial charge in [-0.05, 0) is 49.9 Å².